The van der Waals surface area contributed by atoms with Crippen LogP contribution in [0.3, 0.4) is 0 Å². The summed E-state index contributed by atoms with van der Waals surface area (Å²) in [6.45, 7) is 1.01. The summed E-state index contributed by atoms with van der Waals surface area (Å²) < 4.78 is 0. The molecule has 0 aromatic heterocycles. The van der Waals surface area contributed by atoms with Crippen molar-refractivity contribution in [2.45, 2.75) is 24.5 Å². The summed E-state index contributed by atoms with van der Waals surface area (Å²) in [5.41, 5.74) is 0.545. The van der Waals surface area contributed by atoms with Gasteiger partial charge in [-0.2, -0.15) is 0 Å². The Bertz CT molecular complexity index is 518. The average Bonchev–Trinajstić information content (AvgIpc) is 2.95. The first-order valence-electron chi connectivity index (χ1n) is 7.24. The molecule has 0 saturated carbocycles. The molecule has 1 heterocycles. The van der Waals surface area contributed by atoms with E-state index in [0.717, 1.165) is 30.5 Å². The minimum absolute atomic E-state index is 0. The van der Waals surface area contributed by atoms with E-state index >= 15 is 0 Å². The summed E-state index contributed by atoms with van der Waals surface area (Å²) in [6.07, 6.45) is 2.06. The van der Waals surface area contributed by atoms with Gasteiger partial charge in [-0.25, -0.2) is 0 Å². The van der Waals surface area contributed by atoms with Crippen LogP contribution in [0.2, 0.25) is 0 Å². The molecule has 3 heteroatoms. The average molecular weight is 273 g/mol. The molecule has 0 aliphatic carbocycles. The van der Waals surface area contributed by atoms with E-state index in [-0.39, 0.29) is 24.9 Å². The molecule has 0 radical (unpaired) electrons. The van der Waals surface area contributed by atoms with Crippen molar-refractivity contribution < 1.29 is 24.0 Å². The summed E-state index contributed by atoms with van der Waals surface area (Å²) in [4.78, 5) is 2.22. The first-order chi connectivity index (χ1) is 9.73. The molecule has 0 amide bonds. The zero-order valence-electron chi connectivity index (χ0n) is 12.8. The Morgan fingerprint density at radius 2 is 1.43 bits per heavy atom. The van der Waals surface area contributed by atoms with Gasteiger partial charge in [-0.15, -0.1) is 0 Å². The zero-order valence-corrected chi connectivity index (χ0v) is 12.8. The van der Waals surface area contributed by atoms with E-state index < -0.39 is 5.60 Å². The maximum atomic E-state index is 13.9. The predicted molar refractivity (Wildman–Crippen MR) is 79.3 cm³/mol. The predicted octanol–water partition coefficient (Wildman–Crippen LogP) is -0.611. The molecule has 1 aliphatic rings. The molecule has 2 aromatic carbocycles. The second-order valence-corrected chi connectivity index (χ2v) is 5.61. The van der Waals surface area contributed by atoms with Crippen LogP contribution in [0.4, 0.5) is 0 Å². The van der Waals surface area contributed by atoms with Crippen LogP contribution in [0.1, 0.15) is 24.0 Å². The molecule has 21 heavy (non-hydrogen) atoms. The van der Waals surface area contributed by atoms with E-state index in [1.807, 2.05) is 60.7 Å². The van der Waals surface area contributed by atoms with E-state index in [1.54, 1.807) is 0 Å². The Kier molecular flexibility index (Phi) is 5.30. The van der Waals surface area contributed by atoms with Crippen LogP contribution in [-0.4, -0.2) is 24.5 Å². The second kappa shape index (κ2) is 6.81. The molecule has 0 N–H and O–H groups in total. The third kappa shape index (κ3) is 2.95. The normalized spacial score (nSPS) is 19.2. The van der Waals surface area contributed by atoms with E-state index in [1.165, 1.54) is 0 Å². The number of hydrogen-bond donors (Lipinski definition) is 0. The van der Waals surface area contributed by atoms with Gasteiger partial charge < -0.3 is 10.0 Å². The number of benzene rings is 2. The number of likely N-dealkylation sites (N-methyl/N-ethyl adjacent to an activating group) is 1. The van der Waals surface area contributed by atoms with Crippen molar-refractivity contribution in [3.05, 3.63) is 71.8 Å². The third-order valence-electron chi connectivity index (χ3n) is 4.39. The number of hydrogen-bond acceptors (Lipinski definition) is 2. The van der Waals surface area contributed by atoms with E-state index in [0.29, 0.717) is 0 Å². The summed E-state index contributed by atoms with van der Waals surface area (Å²) in [7, 11) is 2.07. The summed E-state index contributed by atoms with van der Waals surface area (Å²) >= 11 is 0. The number of nitrogens with zero attached hydrogens (tertiary/aromatic N) is 1. The minimum Gasteiger partial charge on any atom is -0.841 e. The Morgan fingerprint density at radius 1 is 0.952 bits per heavy atom. The van der Waals surface area contributed by atoms with E-state index in [4.69, 9.17) is 0 Å². The van der Waals surface area contributed by atoms with Gasteiger partial charge in [0.25, 0.3) is 0 Å². The van der Waals surface area contributed by atoms with Gasteiger partial charge in [0.2, 0.25) is 0 Å². The van der Waals surface area contributed by atoms with Gasteiger partial charge in [0.15, 0.2) is 0 Å². The van der Waals surface area contributed by atoms with Crippen molar-refractivity contribution >= 4 is 0 Å². The van der Waals surface area contributed by atoms with Gasteiger partial charge in [-0.05, 0) is 32.0 Å². The SMILES string of the molecule is CN1CCC[C@H]1C([O-])(c1ccccc1)c1ccccc1.[Li+]. The number of likely N-dealkylation sites (tertiary alicyclic amines) is 1. The Labute approximate surface area is 139 Å². The van der Waals surface area contributed by atoms with E-state index in [2.05, 4.69) is 11.9 Å². The summed E-state index contributed by atoms with van der Waals surface area (Å²) in [5, 5.41) is 13.9. The standard InChI is InChI=1S/C18H20NO.Li/c1-19-14-8-13-17(19)18(20,15-9-4-2-5-10-15)16-11-6-3-7-12-16;/h2-7,9-12,17H,8,13-14H2,1H3;/q-1;+1/t17-;/m0./s1. The van der Waals surface area contributed by atoms with Crippen molar-refractivity contribution in [2.75, 3.05) is 13.6 Å². The molecule has 0 bridgehead atoms. The fourth-order valence-electron chi connectivity index (χ4n) is 3.35. The maximum absolute atomic E-state index is 13.9. The monoisotopic (exact) mass is 273 g/mol. The first-order valence-corrected chi connectivity index (χ1v) is 7.24. The molecule has 0 unspecified atom stereocenters. The molecule has 1 fully saturated rings. The van der Waals surface area contributed by atoms with Crippen LogP contribution in [0.25, 0.3) is 0 Å². The van der Waals surface area contributed by atoms with Gasteiger partial charge in [-0.3, -0.25) is 0 Å². The van der Waals surface area contributed by atoms with Gasteiger partial charge in [0.05, 0.1) is 0 Å². The van der Waals surface area contributed by atoms with Crippen LogP contribution in [0, 0.1) is 0 Å². The molecular formula is C18H20LiNO. The fraction of sp³-hybridized carbons (Fsp3) is 0.333. The maximum Gasteiger partial charge on any atom is 1.00 e. The molecule has 1 saturated heterocycles. The Hall–Kier alpha value is -1.04. The fourth-order valence-corrected chi connectivity index (χ4v) is 3.35. The smallest absolute Gasteiger partial charge is 0.841 e. The third-order valence-corrected chi connectivity index (χ3v) is 4.39. The van der Waals surface area contributed by atoms with Crippen molar-refractivity contribution in [2.24, 2.45) is 0 Å². The molecule has 2 aromatic rings. The number of rotatable bonds is 3. The quantitative estimate of drug-likeness (QED) is 0.697. The van der Waals surface area contributed by atoms with Gasteiger partial charge in [0.1, 0.15) is 0 Å². The Balaban J connectivity index is 0.00000161. The van der Waals surface area contributed by atoms with Crippen molar-refractivity contribution in [3.8, 4) is 0 Å². The van der Waals surface area contributed by atoms with Crippen LogP contribution in [-0.2, 0) is 5.60 Å². The second-order valence-electron chi connectivity index (χ2n) is 5.61. The molecular weight excluding hydrogens is 253 g/mol. The Morgan fingerprint density at radius 3 is 1.81 bits per heavy atom. The first kappa shape index (κ1) is 16.3. The zero-order chi connectivity index (χ0) is 14.0. The van der Waals surface area contributed by atoms with Crippen LogP contribution >= 0.6 is 0 Å². The molecule has 0 spiro atoms. The van der Waals surface area contributed by atoms with Crippen LogP contribution in [0.15, 0.2) is 60.7 Å². The van der Waals surface area contributed by atoms with Gasteiger partial charge in [0, 0.05) is 6.04 Å². The molecule has 3 rings (SSSR count). The summed E-state index contributed by atoms with van der Waals surface area (Å²) in [6, 6.07) is 19.6. The van der Waals surface area contributed by atoms with Crippen LogP contribution < -0.4 is 24.0 Å². The largest absolute Gasteiger partial charge is 1.00 e. The van der Waals surface area contributed by atoms with Crippen molar-refractivity contribution in [3.63, 3.8) is 0 Å². The summed E-state index contributed by atoms with van der Waals surface area (Å²) in [5.74, 6) is 0. The molecule has 1 aliphatic heterocycles. The molecule has 104 valence electrons. The van der Waals surface area contributed by atoms with Gasteiger partial charge >= 0.3 is 18.9 Å². The molecule has 2 nitrogen and oxygen atoms in total. The van der Waals surface area contributed by atoms with Gasteiger partial charge in [-0.1, -0.05) is 71.8 Å². The molecule has 1 atom stereocenters. The topological polar surface area (TPSA) is 26.3 Å². The van der Waals surface area contributed by atoms with Crippen molar-refractivity contribution in [1.82, 2.24) is 4.90 Å². The van der Waals surface area contributed by atoms with Crippen LogP contribution in [0.5, 0.6) is 0 Å². The minimum atomic E-state index is -1.19. The van der Waals surface area contributed by atoms with Crippen molar-refractivity contribution in [1.29, 1.82) is 0 Å². The van der Waals surface area contributed by atoms with E-state index in [9.17, 15) is 5.11 Å².